The van der Waals surface area contributed by atoms with Gasteiger partial charge in [0, 0.05) is 11.8 Å². The van der Waals surface area contributed by atoms with Crippen LogP contribution in [0.4, 0.5) is 5.69 Å². The maximum absolute atomic E-state index is 12.5. The number of rotatable bonds is 9. The standard InChI is InChI=1S/C28H35NO4/c1-3-4-5-21-6-11-24(12-7-21)28(31)33-26-13-8-22(9-14-26)10-15-27(30)32-19-23-16-20(2)17-25(29)18-23/h8-10,13-18,21,24H,3-7,11-12,19,29H2,1-2H3/b15-10+. The van der Waals surface area contributed by atoms with Gasteiger partial charge in [-0.15, -0.1) is 0 Å². The number of hydrogen-bond acceptors (Lipinski definition) is 5. The first kappa shape index (κ1) is 24.6. The first-order chi connectivity index (χ1) is 15.9. The van der Waals surface area contributed by atoms with E-state index in [0.717, 1.165) is 48.3 Å². The Morgan fingerprint density at radius 1 is 1.06 bits per heavy atom. The van der Waals surface area contributed by atoms with Crippen molar-refractivity contribution in [3.05, 3.63) is 65.2 Å². The summed E-state index contributed by atoms with van der Waals surface area (Å²) in [5, 5.41) is 0. The normalized spacial score (nSPS) is 18.2. The van der Waals surface area contributed by atoms with Crippen molar-refractivity contribution in [2.45, 2.75) is 65.4 Å². The fourth-order valence-electron chi connectivity index (χ4n) is 4.37. The van der Waals surface area contributed by atoms with Gasteiger partial charge in [0.2, 0.25) is 0 Å². The van der Waals surface area contributed by atoms with E-state index in [9.17, 15) is 9.59 Å². The molecule has 0 radical (unpaired) electrons. The van der Waals surface area contributed by atoms with Crippen LogP contribution in [-0.2, 0) is 20.9 Å². The molecule has 33 heavy (non-hydrogen) atoms. The van der Waals surface area contributed by atoms with Gasteiger partial charge < -0.3 is 15.2 Å². The van der Waals surface area contributed by atoms with E-state index >= 15 is 0 Å². The van der Waals surface area contributed by atoms with E-state index in [1.165, 1.54) is 25.3 Å². The second-order valence-corrected chi connectivity index (χ2v) is 9.04. The highest BCUT2D eigenvalue weighted by molar-refractivity contribution is 5.87. The van der Waals surface area contributed by atoms with Gasteiger partial charge in [0.1, 0.15) is 12.4 Å². The quantitative estimate of drug-likeness (QED) is 0.212. The van der Waals surface area contributed by atoms with Crippen LogP contribution in [0.5, 0.6) is 5.75 Å². The average molecular weight is 450 g/mol. The van der Waals surface area contributed by atoms with E-state index in [2.05, 4.69) is 6.92 Å². The van der Waals surface area contributed by atoms with E-state index in [1.807, 2.05) is 31.2 Å². The summed E-state index contributed by atoms with van der Waals surface area (Å²) in [4.78, 5) is 24.5. The van der Waals surface area contributed by atoms with Crippen LogP contribution < -0.4 is 10.5 Å². The molecule has 0 atom stereocenters. The maximum Gasteiger partial charge on any atom is 0.331 e. The molecule has 3 rings (SSSR count). The number of anilines is 1. The highest BCUT2D eigenvalue weighted by Gasteiger charge is 2.27. The molecule has 1 fully saturated rings. The predicted octanol–water partition coefficient (Wildman–Crippen LogP) is 6.24. The first-order valence-corrected chi connectivity index (χ1v) is 12.0. The lowest BCUT2D eigenvalue weighted by Crippen LogP contribution is -2.25. The molecular weight excluding hydrogens is 414 g/mol. The zero-order chi connectivity index (χ0) is 23.6. The number of benzene rings is 2. The van der Waals surface area contributed by atoms with Gasteiger partial charge in [-0.05, 0) is 85.6 Å². The Morgan fingerprint density at radius 3 is 2.45 bits per heavy atom. The molecule has 0 amide bonds. The SMILES string of the molecule is CCCCC1CCC(C(=O)Oc2ccc(/C=C/C(=O)OCc3cc(C)cc(N)c3)cc2)CC1. The number of unbranched alkanes of at least 4 members (excludes halogenated alkanes) is 1. The second-order valence-electron chi connectivity index (χ2n) is 9.04. The van der Waals surface area contributed by atoms with Crippen molar-refractivity contribution in [2.24, 2.45) is 11.8 Å². The van der Waals surface area contributed by atoms with Gasteiger partial charge in [0.15, 0.2) is 0 Å². The number of aryl methyl sites for hydroxylation is 1. The predicted molar refractivity (Wildman–Crippen MR) is 131 cm³/mol. The summed E-state index contributed by atoms with van der Waals surface area (Å²) in [5.41, 5.74) is 9.17. The van der Waals surface area contributed by atoms with Crippen LogP contribution in [0, 0.1) is 18.8 Å². The molecule has 1 aliphatic carbocycles. The molecule has 0 saturated heterocycles. The van der Waals surface area contributed by atoms with E-state index < -0.39 is 5.97 Å². The molecule has 0 aromatic heterocycles. The molecule has 2 aromatic carbocycles. The Balaban J connectivity index is 1.43. The van der Waals surface area contributed by atoms with Crippen molar-refractivity contribution < 1.29 is 19.1 Å². The molecule has 2 N–H and O–H groups in total. The fraction of sp³-hybridized carbons (Fsp3) is 0.429. The van der Waals surface area contributed by atoms with Gasteiger partial charge in [-0.25, -0.2) is 4.79 Å². The Labute approximate surface area is 197 Å². The van der Waals surface area contributed by atoms with Crippen molar-refractivity contribution in [1.29, 1.82) is 0 Å². The minimum Gasteiger partial charge on any atom is -0.458 e. The smallest absolute Gasteiger partial charge is 0.331 e. The van der Waals surface area contributed by atoms with Crippen molar-refractivity contribution in [3.8, 4) is 5.75 Å². The van der Waals surface area contributed by atoms with Gasteiger partial charge >= 0.3 is 11.9 Å². The lowest BCUT2D eigenvalue weighted by Gasteiger charge is -2.27. The Kier molecular flexibility index (Phi) is 9.11. The molecule has 0 aliphatic heterocycles. The van der Waals surface area contributed by atoms with Crippen molar-refractivity contribution in [3.63, 3.8) is 0 Å². The van der Waals surface area contributed by atoms with Gasteiger partial charge in [-0.2, -0.15) is 0 Å². The first-order valence-electron chi connectivity index (χ1n) is 12.0. The number of hydrogen-bond donors (Lipinski definition) is 1. The molecule has 2 aromatic rings. The summed E-state index contributed by atoms with van der Waals surface area (Å²) in [6.07, 6.45) is 10.9. The van der Waals surface area contributed by atoms with Crippen LogP contribution in [0.15, 0.2) is 48.5 Å². The van der Waals surface area contributed by atoms with Crippen LogP contribution in [0.1, 0.15) is 68.6 Å². The van der Waals surface area contributed by atoms with E-state index in [0.29, 0.717) is 11.4 Å². The summed E-state index contributed by atoms with van der Waals surface area (Å²) in [5.74, 6) is 0.736. The van der Waals surface area contributed by atoms with E-state index in [-0.39, 0.29) is 18.5 Å². The minimum absolute atomic E-state index is 0.000899. The van der Waals surface area contributed by atoms with Gasteiger partial charge in [-0.3, -0.25) is 4.79 Å². The molecule has 0 unspecified atom stereocenters. The van der Waals surface area contributed by atoms with Crippen LogP contribution in [0.25, 0.3) is 6.08 Å². The summed E-state index contributed by atoms with van der Waals surface area (Å²) < 4.78 is 10.9. The topological polar surface area (TPSA) is 78.6 Å². The number of nitrogen functional groups attached to an aromatic ring is 1. The highest BCUT2D eigenvalue weighted by Crippen LogP contribution is 2.32. The number of carbonyl (C=O) groups is 2. The summed E-state index contributed by atoms with van der Waals surface area (Å²) in [6.45, 7) is 4.34. The number of esters is 2. The lowest BCUT2D eigenvalue weighted by molar-refractivity contribution is -0.140. The molecule has 1 saturated carbocycles. The monoisotopic (exact) mass is 449 g/mol. The lowest BCUT2D eigenvalue weighted by atomic mass is 9.80. The van der Waals surface area contributed by atoms with Gasteiger partial charge in [-0.1, -0.05) is 44.4 Å². The summed E-state index contributed by atoms with van der Waals surface area (Å²) in [7, 11) is 0. The summed E-state index contributed by atoms with van der Waals surface area (Å²) in [6, 6.07) is 12.7. The fourth-order valence-corrected chi connectivity index (χ4v) is 4.37. The largest absolute Gasteiger partial charge is 0.458 e. The number of ether oxygens (including phenoxy) is 2. The molecule has 5 nitrogen and oxygen atoms in total. The Hall–Kier alpha value is -3.08. The third kappa shape index (κ3) is 8.08. The van der Waals surface area contributed by atoms with Gasteiger partial charge in [0.25, 0.3) is 0 Å². The van der Waals surface area contributed by atoms with Crippen molar-refractivity contribution in [2.75, 3.05) is 5.73 Å². The molecule has 1 aliphatic rings. The van der Waals surface area contributed by atoms with E-state index in [4.69, 9.17) is 15.2 Å². The van der Waals surface area contributed by atoms with Crippen molar-refractivity contribution >= 4 is 23.7 Å². The van der Waals surface area contributed by atoms with Crippen LogP contribution >= 0.6 is 0 Å². The van der Waals surface area contributed by atoms with E-state index in [1.54, 1.807) is 24.3 Å². The van der Waals surface area contributed by atoms with Crippen LogP contribution in [0.2, 0.25) is 0 Å². The molecular formula is C28H35NO4. The van der Waals surface area contributed by atoms with Crippen molar-refractivity contribution in [1.82, 2.24) is 0 Å². The molecule has 0 bridgehead atoms. The zero-order valence-electron chi connectivity index (χ0n) is 19.7. The molecule has 5 heteroatoms. The third-order valence-electron chi connectivity index (χ3n) is 6.20. The minimum atomic E-state index is -0.430. The second kappa shape index (κ2) is 12.2. The summed E-state index contributed by atoms with van der Waals surface area (Å²) >= 11 is 0. The highest BCUT2D eigenvalue weighted by atomic mass is 16.5. The van der Waals surface area contributed by atoms with Gasteiger partial charge in [0.05, 0.1) is 5.92 Å². The molecule has 176 valence electrons. The Morgan fingerprint density at radius 2 is 1.79 bits per heavy atom. The molecule has 0 heterocycles. The average Bonchev–Trinajstić information content (AvgIpc) is 2.80. The zero-order valence-corrected chi connectivity index (χ0v) is 19.7. The molecule has 0 spiro atoms. The van der Waals surface area contributed by atoms with Crippen LogP contribution in [-0.4, -0.2) is 11.9 Å². The number of carbonyl (C=O) groups excluding carboxylic acids is 2. The number of nitrogens with two attached hydrogens (primary N) is 1. The van der Waals surface area contributed by atoms with Crippen LogP contribution in [0.3, 0.4) is 0 Å². The third-order valence-corrected chi connectivity index (χ3v) is 6.20. The Bertz CT molecular complexity index is 936. The maximum atomic E-state index is 12.5.